The number of piperazine rings is 1. The van der Waals surface area contributed by atoms with Gasteiger partial charge < -0.3 is 29.7 Å². The van der Waals surface area contributed by atoms with Gasteiger partial charge in [0.15, 0.2) is 0 Å². The van der Waals surface area contributed by atoms with Crippen LogP contribution in [-0.4, -0.2) is 122 Å². The molecule has 0 saturated carbocycles. The number of carbonyl (C=O) groups excluding carboxylic acids is 2. The van der Waals surface area contributed by atoms with E-state index < -0.39 is 30.6 Å². The molecule has 3 aliphatic rings. The van der Waals surface area contributed by atoms with Crippen molar-refractivity contribution >= 4 is 90.8 Å². The molecule has 3 aromatic carbocycles. The molecule has 18 nitrogen and oxygen atoms in total. The lowest BCUT2D eigenvalue weighted by atomic mass is 9.99. The first-order chi connectivity index (χ1) is 34.6. The van der Waals surface area contributed by atoms with Gasteiger partial charge in [0.25, 0.3) is 5.56 Å². The maximum atomic E-state index is 15.6. The number of imidazole rings is 1. The fourth-order valence-electron chi connectivity index (χ4n) is 10.7. The van der Waals surface area contributed by atoms with Crippen LogP contribution in [0.4, 0.5) is 33.2 Å². The minimum absolute atomic E-state index is 0.0928. The van der Waals surface area contributed by atoms with E-state index in [2.05, 4.69) is 75.7 Å². The molecule has 3 aliphatic heterocycles. The van der Waals surface area contributed by atoms with Gasteiger partial charge in [0.1, 0.15) is 36.1 Å². The van der Waals surface area contributed by atoms with Gasteiger partial charge in [-0.3, -0.25) is 33.7 Å². The Morgan fingerprint density at radius 2 is 1.62 bits per heavy atom. The van der Waals surface area contributed by atoms with Crippen LogP contribution >= 0.6 is 23.1 Å². The lowest BCUT2D eigenvalue weighted by molar-refractivity contribution is -0.135. The molecule has 382 valence electrons. The van der Waals surface area contributed by atoms with Crippen molar-refractivity contribution in [2.75, 3.05) is 81.3 Å². The van der Waals surface area contributed by atoms with E-state index in [9.17, 15) is 23.7 Å². The van der Waals surface area contributed by atoms with Crippen molar-refractivity contribution in [3.8, 4) is 5.75 Å². The summed E-state index contributed by atoms with van der Waals surface area (Å²) in [5.74, 6) is -0.0498. The average Bonchev–Trinajstić information content (AvgIpc) is 3.67. The summed E-state index contributed by atoms with van der Waals surface area (Å²) in [6.45, 7) is 18.6. The molecule has 3 fully saturated rings. The second kappa shape index (κ2) is 21.3. The summed E-state index contributed by atoms with van der Waals surface area (Å²) in [7, 11) is -2.92. The molecule has 0 aliphatic carbocycles. The molecule has 1 atom stereocenters. The van der Waals surface area contributed by atoms with Crippen molar-refractivity contribution in [3.63, 3.8) is 0 Å². The van der Waals surface area contributed by atoms with E-state index in [0.717, 1.165) is 82.0 Å². The van der Waals surface area contributed by atoms with Crippen LogP contribution in [0.1, 0.15) is 70.5 Å². The predicted octanol–water partition coefficient (Wildman–Crippen LogP) is 6.75. The second-order valence-corrected chi connectivity index (χ2v) is 23.1. The number of nitrogens with one attached hydrogen (secondary N) is 3. The third-order valence-electron chi connectivity index (χ3n) is 14.3. The van der Waals surface area contributed by atoms with E-state index in [4.69, 9.17) is 9.72 Å². The highest BCUT2D eigenvalue weighted by Gasteiger charge is 2.34. The van der Waals surface area contributed by atoms with Crippen molar-refractivity contribution in [2.45, 2.75) is 91.4 Å². The molecule has 6 heterocycles. The summed E-state index contributed by atoms with van der Waals surface area (Å²) in [4.78, 5) is 68.4. The summed E-state index contributed by atoms with van der Waals surface area (Å²) in [5.41, 5.74) is 4.46. The first-order valence-corrected chi connectivity index (χ1v) is 28.4. The average molecular weight is 1070 g/mol. The zero-order chi connectivity index (χ0) is 51.0. The Bertz CT molecular complexity index is 3230. The number of benzene rings is 3. The molecule has 3 N–H and O–H groups in total. The second-order valence-electron chi connectivity index (χ2n) is 19.1. The van der Waals surface area contributed by atoms with Crippen molar-refractivity contribution in [1.82, 2.24) is 44.0 Å². The number of amides is 2. The lowest BCUT2D eigenvalue weighted by Crippen LogP contribution is -2.53. The van der Waals surface area contributed by atoms with Crippen LogP contribution in [0.3, 0.4) is 0 Å². The molecule has 72 heavy (non-hydrogen) atoms. The lowest BCUT2D eigenvalue weighted by Gasteiger charge is -2.43. The van der Waals surface area contributed by atoms with E-state index in [-0.39, 0.29) is 29.8 Å². The number of piperidine rings is 2. The number of rotatable bonds is 16. The van der Waals surface area contributed by atoms with Gasteiger partial charge in [0.2, 0.25) is 17.8 Å². The van der Waals surface area contributed by atoms with Gasteiger partial charge in [0.05, 0.1) is 39.6 Å². The first-order valence-electron chi connectivity index (χ1n) is 25.0. The fourth-order valence-corrected chi connectivity index (χ4v) is 12.5. The molecule has 0 bridgehead atoms. The quantitative estimate of drug-likeness (QED) is 0.0681. The zero-order valence-electron chi connectivity index (χ0n) is 41.8. The Kier molecular flexibility index (Phi) is 15.0. The summed E-state index contributed by atoms with van der Waals surface area (Å²) in [6.07, 6.45) is 6.99. The molecule has 0 radical (unpaired) electrons. The van der Waals surface area contributed by atoms with E-state index in [1.807, 2.05) is 20.8 Å². The third kappa shape index (κ3) is 10.1. The number of imide groups is 1. The normalized spacial score (nSPS) is 17.5. The topological polar surface area (TPSA) is 194 Å². The molecule has 2 amide bonds. The van der Waals surface area contributed by atoms with Crippen molar-refractivity contribution in [3.05, 3.63) is 91.0 Å². The molecule has 0 spiro atoms. The van der Waals surface area contributed by atoms with Crippen LogP contribution in [0.5, 0.6) is 5.75 Å². The van der Waals surface area contributed by atoms with E-state index in [0.29, 0.717) is 81.4 Å². The SMILES string of the molecule is CCOc1cc(N2CCC(N3CCN(CCc4ccc(F)c5c4n(CC)c(=O)n5C4CCC(=O)NC4=O)CC3)CC2)c(CC)cc1Nc1ncc(Br)c(Nc2ccc3c(=O)n(CC)ncc3c2P(C)(C)=O)n1. The molecular formula is C51H63BrFN12O6P. The van der Waals surface area contributed by atoms with E-state index >= 15 is 4.39 Å². The van der Waals surface area contributed by atoms with Gasteiger partial charge in [-0.1, -0.05) is 13.0 Å². The Hall–Kier alpha value is -5.95. The Morgan fingerprint density at radius 1 is 0.861 bits per heavy atom. The molecule has 21 heteroatoms. The Labute approximate surface area is 425 Å². The maximum Gasteiger partial charge on any atom is 0.329 e. The van der Waals surface area contributed by atoms with Gasteiger partial charge in [-0.2, -0.15) is 10.1 Å². The summed E-state index contributed by atoms with van der Waals surface area (Å²) < 4.78 is 40.4. The highest BCUT2D eigenvalue weighted by molar-refractivity contribution is 9.10. The minimum atomic E-state index is -2.92. The smallest absolute Gasteiger partial charge is 0.329 e. The predicted molar refractivity (Wildman–Crippen MR) is 284 cm³/mol. The molecular weight excluding hydrogens is 1010 g/mol. The standard InChI is InChI=1S/C51H63BrFN12O6P/c1-7-31-27-39(57-50-54-30-36(52)47(59-50)56-38-14-12-34-35(46(38)72(5,6)70)29-55-64(9-3)49(34)68)42(71-10-4)28-41(31)62-21-18-33(19-22-62)61-25-23-60(24-26-61)20-17-32-11-13-37(53)45-44(32)63(8-2)51(69)65(45)40-15-16-43(66)58-48(40)67/h11-14,27-30,33,40H,7-10,15-26H2,1-6H3,(H,58,66,67)(H2,54,56,57,59). The van der Waals surface area contributed by atoms with Crippen LogP contribution in [-0.2, 0) is 40.1 Å². The number of aromatic nitrogens is 6. The number of hydrogen-bond acceptors (Lipinski definition) is 14. The molecule has 9 rings (SSSR count). The van der Waals surface area contributed by atoms with Gasteiger partial charge in [-0.25, -0.2) is 18.9 Å². The Balaban J connectivity index is 0.843. The maximum absolute atomic E-state index is 15.6. The van der Waals surface area contributed by atoms with E-state index in [1.165, 1.54) is 20.9 Å². The summed E-state index contributed by atoms with van der Waals surface area (Å²) in [5, 5.41) is 14.9. The molecule has 6 aromatic rings. The number of aryl methyl sites for hydroxylation is 3. The number of nitrogens with zero attached hydrogens (tertiary/aromatic N) is 9. The van der Waals surface area contributed by atoms with Gasteiger partial charge in [-0.05, 0) is 118 Å². The van der Waals surface area contributed by atoms with Gasteiger partial charge >= 0.3 is 5.69 Å². The Morgan fingerprint density at radius 3 is 2.31 bits per heavy atom. The van der Waals surface area contributed by atoms with Crippen molar-refractivity contribution in [2.24, 2.45) is 0 Å². The number of carbonyl (C=O) groups is 2. The minimum Gasteiger partial charge on any atom is -0.492 e. The van der Waals surface area contributed by atoms with Crippen LogP contribution in [0.2, 0.25) is 0 Å². The highest BCUT2D eigenvalue weighted by Crippen LogP contribution is 2.42. The summed E-state index contributed by atoms with van der Waals surface area (Å²) in [6, 6.07) is 10.4. The summed E-state index contributed by atoms with van der Waals surface area (Å²) >= 11 is 3.60. The first kappa shape index (κ1) is 51.0. The van der Waals surface area contributed by atoms with Crippen LogP contribution in [0, 0.1) is 5.82 Å². The molecule has 3 saturated heterocycles. The van der Waals surface area contributed by atoms with Crippen LogP contribution in [0.15, 0.2) is 62.9 Å². The van der Waals surface area contributed by atoms with Crippen molar-refractivity contribution in [1.29, 1.82) is 0 Å². The number of ether oxygens (including phenoxy) is 1. The fraction of sp³-hybridized carbons (Fsp3) is 0.471. The van der Waals surface area contributed by atoms with Gasteiger partial charge in [0, 0.05) is 100 Å². The molecule has 1 unspecified atom stereocenters. The van der Waals surface area contributed by atoms with Crippen LogP contribution < -0.4 is 42.1 Å². The number of fused-ring (bicyclic) bond motifs is 2. The zero-order valence-corrected chi connectivity index (χ0v) is 44.2. The van der Waals surface area contributed by atoms with Crippen LogP contribution in [0.25, 0.3) is 21.8 Å². The van der Waals surface area contributed by atoms with Crippen molar-refractivity contribution < 1.29 is 23.3 Å². The molecule has 3 aromatic heterocycles. The number of anilines is 5. The monoisotopic (exact) mass is 1070 g/mol. The highest BCUT2D eigenvalue weighted by atomic mass is 79.9. The number of hydrogen-bond donors (Lipinski definition) is 3. The largest absolute Gasteiger partial charge is 0.492 e. The van der Waals surface area contributed by atoms with E-state index in [1.54, 1.807) is 48.5 Å². The number of halogens is 2. The van der Waals surface area contributed by atoms with Gasteiger partial charge in [-0.15, -0.1) is 0 Å². The third-order valence-corrected chi connectivity index (χ3v) is 16.5.